The molecule has 4 atom stereocenters. The number of ether oxygens (including phenoxy) is 1. The van der Waals surface area contributed by atoms with Gasteiger partial charge >= 0.3 is 5.97 Å². The van der Waals surface area contributed by atoms with Crippen molar-refractivity contribution < 1.29 is 22.6 Å². The van der Waals surface area contributed by atoms with E-state index < -0.39 is 38.6 Å². The lowest BCUT2D eigenvalue weighted by Crippen LogP contribution is -2.68. The number of esters is 1. The number of hydroxylamine groups is 3. The van der Waals surface area contributed by atoms with Gasteiger partial charge in [-0.15, -0.1) is 0 Å². The van der Waals surface area contributed by atoms with Gasteiger partial charge in [0.15, 0.2) is 12.0 Å². The molecule has 1 fully saturated rings. The van der Waals surface area contributed by atoms with E-state index in [0.717, 1.165) is 16.5 Å². The highest BCUT2D eigenvalue weighted by Crippen LogP contribution is 2.62. The maximum Gasteiger partial charge on any atom is 0.321 e. The van der Waals surface area contributed by atoms with E-state index in [0.29, 0.717) is 17.6 Å². The van der Waals surface area contributed by atoms with Crippen LogP contribution in [0.1, 0.15) is 28.9 Å². The minimum atomic E-state index is -4.04. The fourth-order valence-corrected chi connectivity index (χ4v) is 7.66. The number of carbonyl (C=O) groups excluding carboxylic acids is 1. The Balaban J connectivity index is 1.63. The Morgan fingerprint density at radius 3 is 2.26 bits per heavy atom. The molecular formula is C27H24N2O5S. The van der Waals surface area contributed by atoms with Gasteiger partial charge in [0.2, 0.25) is 0 Å². The lowest BCUT2D eigenvalue weighted by atomic mass is 9.70. The fraction of sp³-hybridized carbons (Fsp3) is 0.222. The summed E-state index contributed by atoms with van der Waals surface area (Å²) in [5.74, 6) is -1.30. The summed E-state index contributed by atoms with van der Waals surface area (Å²) < 4.78 is 33.8. The van der Waals surface area contributed by atoms with Crippen molar-refractivity contribution in [3.05, 3.63) is 107 Å². The molecule has 0 radical (unpaired) electrons. The summed E-state index contributed by atoms with van der Waals surface area (Å²) >= 11 is 0. The third kappa shape index (κ3) is 2.97. The Kier molecular flexibility index (Phi) is 4.90. The molecule has 1 saturated heterocycles. The first-order chi connectivity index (χ1) is 16.9. The highest BCUT2D eigenvalue weighted by molar-refractivity contribution is 7.90. The molecule has 0 bridgehead atoms. The highest BCUT2D eigenvalue weighted by Gasteiger charge is 2.66. The molecule has 8 heteroatoms. The first-order valence-corrected chi connectivity index (χ1v) is 13.0. The molecule has 2 aliphatic heterocycles. The van der Waals surface area contributed by atoms with Crippen molar-refractivity contribution in [2.75, 3.05) is 13.7 Å². The molecule has 0 spiro atoms. The Morgan fingerprint density at radius 1 is 0.943 bits per heavy atom. The number of methoxy groups -OCH3 is 1. The molecule has 0 saturated carbocycles. The van der Waals surface area contributed by atoms with E-state index in [1.165, 1.54) is 11.1 Å². The van der Waals surface area contributed by atoms with E-state index in [-0.39, 0.29) is 11.4 Å². The molecule has 6 rings (SSSR count). The van der Waals surface area contributed by atoms with Gasteiger partial charge in [-0.3, -0.25) is 4.79 Å². The first kappa shape index (κ1) is 22.0. The maximum absolute atomic E-state index is 14.5. The normalized spacial score (nSPS) is 25.4. The molecule has 3 heterocycles. The van der Waals surface area contributed by atoms with Crippen LogP contribution in [0, 0.1) is 11.1 Å². The standard InChI is InChI=1S/C27H24N2O5S/c1-34-27(30)23-25(18-10-4-2-5-11-18)29(31)17-16-21-20-14-8-9-15-22(20)28(24(21)26(23)29)35(32,33)19-12-6-3-7-13-19/h2-15,23,25-26H,16-17H2,1H3/t23-,25+,26-,29?/m0/s1. The minimum absolute atomic E-state index is 0.131. The first-order valence-electron chi connectivity index (χ1n) is 11.5. The van der Waals surface area contributed by atoms with Gasteiger partial charge < -0.3 is 14.6 Å². The van der Waals surface area contributed by atoms with Crippen molar-refractivity contribution in [3.8, 4) is 0 Å². The molecular weight excluding hydrogens is 464 g/mol. The van der Waals surface area contributed by atoms with Crippen LogP contribution >= 0.6 is 0 Å². The Labute approximate surface area is 203 Å². The smallest absolute Gasteiger partial charge is 0.321 e. The molecule has 0 amide bonds. The van der Waals surface area contributed by atoms with Crippen LogP contribution in [0.2, 0.25) is 0 Å². The summed E-state index contributed by atoms with van der Waals surface area (Å²) in [5.41, 5.74) is 2.49. The summed E-state index contributed by atoms with van der Waals surface area (Å²) in [4.78, 5) is 13.2. The van der Waals surface area contributed by atoms with Gasteiger partial charge in [-0.05, 0) is 23.8 Å². The molecule has 3 aromatic carbocycles. The van der Waals surface area contributed by atoms with E-state index in [4.69, 9.17) is 4.74 Å². The van der Waals surface area contributed by atoms with Crippen LogP contribution in [0.4, 0.5) is 0 Å². The lowest BCUT2D eigenvalue weighted by Gasteiger charge is -2.66. The molecule has 0 aliphatic carbocycles. The average Bonchev–Trinajstić information content (AvgIpc) is 3.21. The van der Waals surface area contributed by atoms with Crippen molar-refractivity contribution >= 4 is 26.9 Å². The Bertz CT molecular complexity index is 1550. The number of nitrogens with zero attached hydrogens (tertiary/aromatic N) is 2. The topological polar surface area (TPSA) is 88.4 Å². The number of hydrogen-bond acceptors (Lipinski definition) is 5. The van der Waals surface area contributed by atoms with Crippen LogP contribution in [0.5, 0.6) is 0 Å². The number of rotatable bonds is 4. The predicted molar refractivity (Wildman–Crippen MR) is 131 cm³/mol. The molecule has 35 heavy (non-hydrogen) atoms. The molecule has 7 nitrogen and oxygen atoms in total. The highest BCUT2D eigenvalue weighted by atomic mass is 32.2. The van der Waals surface area contributed by atoms with Crippen LogP contribution in [-0.4, -0.2) is 36.7 Å². The molecule has 1 unspecified atom stereocenters. The average molecular weight is 489 g/mol. The third-order valence-electron chi connectivity index (χ3n) is 7.49. The zero-order valence-corrected chi connectivity index (χ0v) is 19.9. The Morgan fingerprint density at radius 2 is 1.57 bits per heavy atom. The second-order valence-corrected chi connectivity index (χ2v) is 10.9. The molecule has 2 aliphatic rings. The molecule has 1 aromatic heterocycles. The van der Waals surface area contributed by atoms with Crippen LogP contribution < -0.4 is 0 Å². The second kappa shape index (κ2) is 7.78. The Hall–Kier alpha value is -3.46. The zero-order valence-electron chi connectivity index (χ0n) is 19.1. The number of fused-ring (bicyclic) bond motifs is 5. The largest absolute Gasteiger partial charge is 0.632 e. The third-order valence-corrected chi connectivity index (χ3v) is 9.23. The van der Waals surface area contributed by atoms with Gasteiger partial charge in [-0.25, -0.2) is 12.4 Å². The quantitative estimate of drug-likeness (QED) is 0.242. The number of benzene rings is 3. The lowest BCUT2D eigenvalue weighted by molar-refractivity contribution is -0.997. The van der Waals surface area contributed by atoms with Gasteiger partial charge in [0.25, 0.3) is 10.0 Å². The van der Waals surface area contributed by atoms with Crippen LogP contribution in [0.3, 0.4) is 0 Å². The van der Waals surface area contributed by atoms with Crippen LogP contribution in [0.15, 0.2) is 89.8 Å². The van der Waals surface area contributed by atoms with Crippen molar-refractivity contribution in [1.82, 2.24) is 3.97 Å². The number of para-hydroxylation sites is 1. The van der Waals surface area contributed by atoms with Crippen LogP contribution in [0.25, 0.3) is 10.9 Å². The minimum Gasteiger partial charge on any atom is -0.632 e. The van der Waals surface area contributed by atoms with Crippen molar-refractivity contribution in [1.29, 1.82) is 0 Å². The number of aromatic nitrogens is 1. The number of quaternary nitrogens is 1. The van der Waals surface area contributed by atoms with E-state index >= 15 is 0 Å². The summed E-state index contributed by atoms with van der Waals surface area (Å²) in [6.07, 6.45) is 0.421. The second-order valence-electron chi connectivity index (χ2n) is 9.14. The van der Waals surface area contributed by atoms with E-state index in [1.807, 2.05) is 42.5 Å². The SMILES string of the molecule is COC(=O)[C@H]1[C@@H](c2ccccc2)[N+]2([O-])CCc3c(n(S(=O)(=O)c4ccccc4)c4ccccc34)[C@H]12. The summed E-state index contributed by atoms with van der Waals surface area (Å²) in [7, 11) is -2.73. The molecule has 0 N–H and O–H groups in total. The number of hydrogen-bond donors (Lipinski definition) is 0. The van der Waals surface area contributed by atoms with Gasteiger partial charge in [-0.1, -0.05) is 66.7 Å². The summed E-state index contributed by atoms with van der Waals surface area (Å²) in [6.45, 7) is 0.254. The van der Waals surface area contributed by atoms with Gasteiger partial charge in [0.1, 0.15) is 6.04 Å². The summed E-state index contributed by atoms with van der Waals surface area (Å²) in [5, 5.41) is 15.3. The van der Waals surface area contributed by atoms with E-state index in [2.05, 4.69) is 0 Å². The molecule has 4 aromatic rings. The maximum atomic E-state index is 14.5. The monoisotopic (exact) mass is 488 g/mol. The fourth-order valence-electron chi connectivity index (χ4n) is 6.05. The van der Waals surface area contributed by atoms with Crippen molar-refractivity contribution in [2.24, 2.45) is 5.92 Å². The van der Waals surface area contributed by atoms with Crippen molar-refractivity contribution in [3.63, 3.8) is 0 Å². The van der Waals surface area contributed by atoms with E-state index in [1.54, 1.807) is 42.5 Å². The van der Waals surface area contributed by atoms with Gasteiger partial charge in [0.05, 0.1) is 29.8 Å². The van der Waals surface area contributed by atoms with Crippen LogP contribution in [-0.2, 0) is 26.0 Å². The van der Waals surface area contributed by atoms with E-state index in [9.17, 15) is 18.4 Å². The zero-order chi connectivity index (χ0) is 24.4. The van der Waals surface area contributed by atoms with Crippen molar-refractivity contribution in [2.45, 2.75) is 23.4 Å². The summed E-state index contributed by atoms with van der Waals surface area (Å²) in [6, 6.07) is 23.2. The predicted octanol–water partition coefficient (Wildman–Crippen LogP) is 4.33. The molecule has 178 valence electrons. The number of carbonyl (C=O) groups is 1. The van der Waals surface area contributed by atoms with Gasteiger partial charge in [-0.2, -0.15) is 0 Å². The van der Waals surface area contributed by atoms with Gasteiger partial charge in [0, 0.05) is 17.4 Å².